The average Bonchev–Trinajstić information content (AvgIpc) is 3.09. The van der Waals surface area contributed by atoms with Gasteiger partial charge in [-0.2, -0.15) is 0 Å². The van der Waals surface area contributed by atoms with Crippen molar-refractivity contribution in [2.24, 2.45) is 0 Å². The molecule has 2 N–H and O–H groups in total. The second-order valence-electron chi connectivity index (χ2n) is 4.98. The number of methoxy groups -OCH3 is 2. The smallest absolute Gasteiger partial charge is 0.269 e. The number of carbonyl (C=O) groups excluding carboxylic acids is 1. The van der Waals surface area contributed by atoms with Gasteiger partial charge in [-0.3, -0.25) is 15.6 Å². The predicted molar refractivity (Wildman–Crippen MR) is 102 cm³/mol. The molecular weight excluding hydrogens is 358 g/mol. The summed E-state index contributed by atoms with van der Waals surface area (Å²) in [5, 5.41) is 0.548. The lowest BCUT2D eigenvalue weighted by Gasteiger charge is -2.06. The van der Waals surface area contributed by atoms with E-state index in [4.69, 9.17) is 9.47 Å². The SMILES string of the molecule is COc1ccc(OC)c2sc(NNC(=O)c3cccc(SC)c3)nc12. The molecule has 0 saturated carbocycles. The van der Waals surface area contributed by atoms with Crippen molar-refractivity contribution in [3.05, 3.63) is 42.0 Å². The highest BCUT2D eigenvalue weighted by Crippen LogP contribution is 2.38. The number of rotatable bonds is 6. The molecule has 6 nitrogen and oxygen atoms in total. The molecule has 25 heavy (non-hydrogen) atoms. The van der Waals surface area contributed by atoms with Crippen LogP contribution in [-0.2, 0) is 0 Å². The van der Waals surface area contributed by atoms with Gasteiger partial charge in [-0.25, -0.2) is 4.98 Å². The van der Waals surface area contributed by atoms with Crippen molar-refractivity contribution in [2.75, 3.05) is 25.9 Å². The lowest BCUT2D eigenvalue weighted by Crippen LogP contribution is -2.29. The first-order valence-electron chi connectivity index (χ1n) is 7.38. The molecule has 0 fully saturated rings. The number of hydrazine groups is 1. The van der Waals surface area contributed by atoms with Crippen molar-refractivity contribution in [1.29, 1.82) is 0 Å². The maximum atomic E-state index is 12.3. The van der Waals surface area contributed by atoms with Crippen molar-refractivity contribution in [1.82, 2.24) is 10.4 Å². The monoisotopic (exact) mass is 375 g/mol. The lowest BCUT2D eigenvalue weighted by atomic mass is 10.2. The summed E-state index contributed by atoms with van der Waals surface area (Å²) in [6, 6.07) is 11.1. The minimum absolute atomic E-state index is 0.228. The molecule has 3 aromatic rings. The topological polar surface area (TPSA) is 72.5 Å². The standard InChI is InChI=1S/C17H17N3O3S2/c1-22-12-7-8-13(23-2)15-14(12)18-17(25-15)20-19-16(21)10-5-4-6-11(9-10)24-3/h4-9H,1-3H3,(H,18,20)(H,19,21). The van der Waals surface area contributed by atoms with Gasteiger partial charge in [0.2, 0.25) is 5.13 Å². The Labute approximate surface area is 153 Å². The predicted octanol–water partition coefficient (Wildman–Crippen LogP) is 3.79. The zero-order valence-corrected chi connectivity index (χ0v) is 15.6. The van der Waals surface area contributed by atoms with Gasteiger partial charge in [0.25, 0.3) is 5.91 Å². The number of amides is 1. The van der Waals surface area contributed by atoms with Gasteiger partial charge in [0.15, 0.2) is 0 Å². The number of anilines is 1. The minimum atomic E-state index is -0.228. The van der Waals surface area contributed by atoms with Gasteiger partial charge >= 0.3 is 0 Å². The third-order valence-corrected chi connectivity index (χ3v) is 5.24. The molecule has 0 spiro atoms. The zero-order chi connectivity index (χ0) is 17.8. The number of fused-ring (bicyclic) bond motifs is 1. The molecule has 2 aromatic carbocycles. The fourth-order valence-electron chi connectivity index (χ4n) is 2.29. The number of nitrogens with one attached hydrogen (secondary N) is 2. The summed E-state index contributed by atoms with van der Waals surface area (Å²) in [6.45, 7) is 0. The van der Waals surface area contributed by atoms with E-state index in [1.54, 1.807) is 38.1 Å². The second kappa shape index (κ2) is 7.62. The first-order valence-corrected chi connectivity index (χ1v) is 9.42. The van der Waals surface area contributed by atoms with Crippen LogP contribution >= 0.6 is 23.1 Å². The Bertz CT molecular complexity index is 870. The van der Waals surface area contributed by atoms with E-state index in [0.717, 1.165) is 9.60 Å². The average molecular weight is 375 g/mol. The van der Waals surface area contributed by atoms with Gasteiger partial charge in [0, 0.05) is 10.5 Å². The Kier molecular flexibility index (Phi) is 5.30. The molecule has 1 aromatic heterocycles. The van der Waals surface area contributed by atoms with Crippen LogP contribution in [0, 0.1) is 0 Å². The van der Waals surface area contributed by atoms with Crippen LogP contribution in [0.2, 0.25) is 0 Å². The minimum Gasteiger partial charge on any atom is -0.495 e. The van der Waals surface area contributed by atoms with Gasteiger partial charge in [-0.1, -0.05) is 17.4 Å². The van der Waals surface area contributed by atoms with E-state index in [1.165, 1.54) is 11.3 Å². The number of ether oxygens (including phenoxy) is 2. The van der Waals surface area contributed by atoms with Gasteiger partial charge in [0.05, 0.1) is 14.2 Å². The number of aromatic nitrogens is 1. The Hall–Kier alpha value is -2.45. The van der Waals surface area contributed by atoms with Crippen molar-refractivity contribution in [3.63, 3.8) is 0 Å². The summed E-state index contributed by atoms with van der Waals surface area (Å²) < 4.78 is 11.5. The summed E-state index contributed by atoms with van der Waals surface area (Å²) in [5.74, 6) is 1.13. The molecular formula is C17H17N3O3S2. The highest BCUT2D eigenvalue weighted by Gasteiger charge is 2.14. The number of thiazole rings is 1. The fraction of sp³-hybridized carbons (Fsp3) is 0.176. The van der Waals surface area contributed by atoms with Gasteiger partial charge in [0.1, 0.15) is 21.7 Å². The first-order chi connectivity index (χ1) is 12.2. The molecule has 8 heteroatoms. The van der Waals surface area contributed by atoms with E-state index in [-0.39, 0.29) is 5.91 Å². The summed E-state index contributed by atoms with van der Waals surface area (Å²) >= 11 is 2.96. The normalized spacial score (nSPS) is 10.5. The molecule has 0 aliphatic carbocycles. The second-order valence-corrected chi connectivity index (χ2v) is 6.86. The van der Waals surface area contributed by atoms with Crippen LogP contribution in [0.25, 0.3) is 10.2 Å². The molecule has 130 valence electrons. The van der Waals surface area contributed by atoms with Crippen molar-refractivity contribution < 1.29 is 14.3 Å². The Morgan fingerprint density at radius 2 is 1.92 bits per heavy atom. The number of thioether (sulfide) groups is 1. The molecule has 0 aliphatic heterocycles. The summed E-state index contributed by atoms with van der Waals surface area (Å²) in [4.78, 5) is 17.8. The number of benzene rings is 2. The van der Waals surface area contributed by atoms with E-state index >= 15 is 0 Å². The van der Waals surface area contributed by atoms with Crippen molar-refractivity contribution in [3.8, 4) is 11.5 Å². The Morgan fingerprint density at radius 1 is 1.16 bits per heavy atom. The highest BCUT2D eigenvalue weighted by atomic mass is 32.2. The maximum absolute atomic E-state index is 12.3. The van der Waals surface area contributed by atoms with Crippen LogP contribution < -0.4 is 20.3 Å². The van der Waals surface area contributed by atoms with Gasteiger partial charge in [-0.15, -0.1) is 11.8 Å². The van der Waals surface area contributed by atoms with Crippen molar-refractivity contribution in [2.45, 2.75) is 4.90 Å². The van der Waals surface area contributed by atoms with E-state index in [1.807, 2.05) is 30.5 Å². The number of carbonyl (C=O) groups is 1. The fourth-order valence-corrected chi connectivity index (χ4v) is 3.67. The molecule has 1 amide bonds. The lowest BCUT2D eigenvalue weighted by molar-refractivity contribution is 0.0962. The molecule has 0 aliphatic rings. The van der Waals surface area contributed by atoms with Crippen LogP contribution in [0.5, 0.6) is 11.5 Å². The third-order valence-electron chi connectivity index (χ3n) is 3.53. The van der Waals surface area contributed by atoms with Crippen LogP contribution in [0.1, 0.15) is 10.4 Å². The molecule has 0 saturated heterocycles. The van der Waals surface area contributed by atoms with E-state index in [2.05, 4.69) is 15.8 Å². The van der Waals surface area contributed by atoms with E-state index in [9.17, 15) is 4.79 Å². The Morgan fingerprint density at radius 3 is 2.64 bits per heavy atom. The third kappa shape index (κ3) is 3.64. The molecule has 0 radical (unpaired) electrons. The zero-order valence-electron chi connectivity index (χ0n) is 14.0. The van der Waals surface area contributed by atoms with Gasteiger partial charge in [-0.05, 0) is 36.6 Å². The van der Waals surface area contributed by atoms with E-state index < -0.39 is 0 Å². The quantitative estimate of drug-likeness (QED) is 0.504. The van der Waals surface area contributed by atoms with E-state index in [0.29, 0.717) is 27.7 Å². The maximum Gasteiger partial charge on any atom is 0.269 e. The molecule has 0 atom stereocenters. The highest BCUT2D eigenvalue weighted by molar-refractivity contribution is 7.98. The number of nitrogens with zero attached hydrogens (tertiary/aromatic N) is 1. The summed E-state index contributed by atoms with van der Waals surface area (Å²) in [7, 11) is 3.20. The summed E-state index contributed by atoms with van der Waals surface area (Å²) in [5.41, 5.74) is 6.80. The number of hydrogen-bond donors (Lipinski definition) is 2. The van der Waals surface area contributed by atoms with Crippen LogP contribution in [0.4, 0.5) is 5.13 Å². The van der Waals surface area contributed by atoms with Crippen LogP contribution in [-0.4, -0.2) is 31.4 Å². The molecule has 1 heterocycles. The molecule has 0 unspecified atom stereocenters. The largest absolute Gasteiger partial charge is 0.495 e. The molecule has 3 rings (SSSR count). The first kappa shape index (κ1) is 17.4. The number of hydrogen-bond acceptors (Lipinski definition) is 7. The van der Waals surface area contributed by atoms with Crippen LogP contribution in [0.15, 0.2) is 41.3 Å². The summed E-state index contributed by atoms with van der Waals surface area (Å²) in [6.07, 6.45) is 1.97. The Balaban J connectivity index is 1.80. The van der Waals surface area contributed by atoms with Crippen molar-refractivity contribution >= 4 is 44.4 Å². The van der Waals surface area contributed by atoms with Crippen LogP contribution in [0.3, 0.4) is 0 Å². The van der Waals surface area contributed by atoms with Gasteiger partial charge < -0.3 is 9.47 Å². The molecule has 0 bridgehead atoms.